The van der Waals surface area contributed by atoms with E-state index in [0.29, 0.717) is 12.2 Å². The molecule has 2 aromatic rings. The van der Waals surface area contributed by atoms with Gasteiger partial charge in [0.15, 0.2) is 0 Å². The van der Waals surface area contributed by atoms with Gasteiger partial charge < -0.3 is 14.4 Å². The molecule has 2 aliphatic heterocycles. The summed E-state index contributed by atoms with van der Waals surface area (Å²) in [6.07, 6.45) is 4.29. The van der Waals surface area contributed by atoms with Crippen LogP contribution < -0.4 is 9.47 Å². The zero-order valence-electron chi connectivity index (χ0n) is 17.9. The van der Waals surface area contributed by atoms with Crippen LogP contribution in [-0.2, 0) is 6.54 Å². The van der Waals surface area contributed by atoms with Gasteiger partial charge in [0, 0.05) is 32.7 Å². The molecule has 4 rings (SSSR count). The van der Waals surface area contributed by atoms with Gasteiger partial charge in [0.1, 0.15) is 17.6 Å². The summed E-state index contributed by atoms with van der Waals surface area (Å²) in [5, 5.41) is 0. The molecule has 0 aromatic heterocycles. The van der Waals surface area contributed by atoms with Crippen molar-refractivity contribution < 1.29 is 14.3 Å². The maximum atomic E-state index is 12.9. The van der Waals surface area contributed by atoms with E-state index in [1.165, 1.54) is 5.56 Å². The maximum Gasteiger partial charge on any atom is 0.257 e. The van der Waals surface area contributed by atoms with E-state index in [2.05, 4.69) is 23.1 Å². The van der Waals surface area contributed by atoms with Crippen LogP contribution in [0.3, 0.4) is 0 Å². The Bertz CT molecular complexity index is 840. The van der Waals surface area contributed by atoms with E-state index in [9.17, 15) is 4.79 Å². The average molecular weight is 409 g/mol. The summed E-state index contributed by atoms with van der Waals surface area (Å²) < 4.78 is 11.9. The molecule has 0 radical (unpaired) electrons. The van der Waals surface area contributed by atoms with Crippen molar-refractivity contribution in [3.8, 4) is 11.5 Å². The monoisotopic (exact) mass is 408 g/mol. The summed E-state index contributed by atoms with van der Waals surface area (Å²) in [7, 11) is 0. The Morgan fingerprint density at radius 3 is 2.53 bits per heavy atom. The van der Waals surface area contributed by atoms with Crippen LogP contribution in [0.1, 0.15) is 48.5 Å². The highest BCUT2D eigenvalue weighted by atomic mass is 16.5. The van der Waals surface area contributed by atoms with Crippen LogP contribution in [0.5, 0.6) is 11.5 Å². The molecule has 0 spiro atoms. The zero-order chi connectivity index (χ0) is 20.8. The van der Waals surface area contributed by atoms with Gasteiger partial charge in [-0.15, -0.1) is 0 Å². The zero-order valence-corrected chi connectivity index (χ0v) is 17.9. The van der Waals surface area contributed by atoms with Crippen molar-refractivity contribution >= 4 is 5.91 Å². The number of hydrogen-bond donors (Lipinski definition) is 0. The van der Waals surface area contributed by atoms with Crippen LogP contribution in [0.15, 0.2) is 48.5 Å². The average Bonchev–Trinajstić information content (AvgIpc) is 3.31. The van der Waals surface area contributed by atoms with Crippen molar-refractivity contribution in [3.63, 3.8) is 0 Å². The predicted octanol–water partition coefficient (Wildman–Crippen LogP) is 4.36. The lowest BCUT2D eigenvalue weighted by Crippen LogP contribution is -2.38. The number of rotatable bonds is 7. The molecule has 5 heteroatoms. The molecule has 2 aliphatic rings. The largest absolute Gasteiger partial charge is 0.494 e. The first-order valence-electron chi connectivity index (χ1n) is 11.2. The van der Waals surface area contributed by atoms with Crippen molar-refractivity contribution in [2.24, 2.45) is 0 Å². The van der Waals surface area contributed by atoms with Gasteiger partial charge in [0.05, 0.1) is 12.2 Å². The fraction of sp³-hybridized carbons (Fsp3) is 0.480. The number of nitrogens with zero attached hydrogens (tertiary/aromatic N) is 2. The number of ether oxygens (including phenoxy) is 2. The smallest absolute Gasteiger partial charge is 0.257 e. The number of piperidine rings is 1. The molecule has 0 bridgehead atoms. The molecule has 0 unspecified atom stereocenters. The van der Waals surface area contributed by atoms with Crippen LogP contribution >= 0.6 is 0 Å². The Balaban J connectivity index is 1.32. The molecule has 2 heterocycles. The molecular weight excluding hydrogens is 376 g/mol. The fourth-order valence-corrected chi connectivity index (χ4v) is 4.36. The second-order valence-corrected chi connectivity index (χ2v) is 8.17. The van der Waals surface area contributed by atoms with Gasteiger partial charge in [-0.3, -0.25) is 9.69 Å². The highest BCUT2D eigenvalue weighted by Gasteiger charge is 2.25. The Hall–Kier alpha value is -2.53. The van der Waals surface area contributed by atoms with E-state index in [-0.39, 0.29) is 12.0 Å². The normalized spacial score (nSPS) is 17.8. The summed E-state index contributed by atoms with van der Waals surface area (Å²) in [6, 6.07) is 16.1. The van der Waals surface area contributed by atoms with Crippen LogP contribution in [0.25, 0.3) is 0 Å². The van der Waals surface area contributed by atoms with E-state index in [0.717, 1.165) is 69.9 Å². The summed E-state index contributed by atoms with van der Waals surface area (Å²) in [5.74, 6) is 1.78. The lowest BCUT2D eigenvalue weighted by atomic mass is 10.1. The topological polar surface area (TPSA) is 42.0 Å². The van der Waals surface area contributed by atoms with Crippen LogP contribution in [-0.4, -0.2) is 54.6 Å². The SMILES string of the molecule is CCOc1cccc(CN2CCC(Oc3ccccc3C(=O)N3CCCC3)CC2)c1. The summed E-state index contributed by atoms with van der Waals surface area (Å²) in [4.78, 5) is 17.3. The molecule has 160 valence electrons. The predicted molar refractivity (Wildman–Crippen MR) is 118 cm³/mol. The Labute approximate surface area is 179 Å². The number of para-hydroxylation sites is 1. The van der Waals surface area contributed by atoms with Crippen molar-refractivity contribution in [1.29, 1.82) is 0 Å². The van der Waals surface area contributed by atoms with Gasteiger partial charge in [-0.1, -0.05) is 24.3 Å². The summed E-state index contributed by atoms with van der Waals surface area (Å²) in [5.41, 5.74) is 1.98. The molecule has 30 heavy (non-hydrogen) atoms. The number of carbonyl (C=O) groups excluding carboxylic acids is 1. The third-order valence-electron chi connectivity index (χ3n) is 5.95. The summed E-state index contributed by atoms with van der Waals surface area (Å²) >= 11 is 0. The quantitative estimate of drug-likeness (QED) is 0.682. The molecule has 0 N–H and O–H groups in total. The molecule has 0 saturated carbocycles. The van der Waals surface area contributed by atoms with Gasteiger partial charge in [-0.05, 0) is 62.4 Å². The van der Waals surface area contributed by atoms with Crippen molar-refractivity contribution in [1.82, 2.24) is 9.80 Å². The van der Waals surface area contributed by atoms with E-state index < -0.39 is 0 Å². The number of benzene rings is 2. The van der Waals surface area contributed by atoms with Gasteiger partial charge >= 0.3 is 0 Å². The highest BCUT2D eigenvalue weighted by Crippen LogP contribution is 2.26. The van der Waals surface area contributed by atoms with Gasteiger partial charge in [-0.25, -0.2) is 0 Å². The molecule has 0 atom stereocenters. The highest BCUT2D eigenvalue weighted by molar-refractivity contribution is 5.97. The third-order valence-corrected chi connectivity index (χ3v) is 5.95. The lowest BCUT2D eigenvalue weighted by molar-refractivity contribution is 0.0765. The standard InChI is InChI=1S/C25H32N2O3/c1-2-29-22-9-7-8-20(18-22)19-26-16-12-21(13-17-26)30-24-11-4-3-10-23(24)25(28)27-14-5-6-15-27/h3-4,7-11,18,21H,2,5-6,12-17,19H2,1H3. The van der Waals surface area contributed by atoms with Crippen LogP contribution in [0.4, 0.5) is 0 Å². The van der Waals surface area contributed by atoms with Crippen LogP contribution in [0.2, 0.25) is 0 Å². The Morgan fingerprint density at radius 1 is 1.00 bits per heavy atom. The first kappa shape index (κ1) is 20.7. The number of likely N-dealkylation sites (tertiary alicyclic amines) is 2. The molecular formula is C25H32N2O3. The maximum absolute atomic E-state index is 12.9. The second kappa shape index (κ2) is 9.98. The van der Waals surface area contributed by atoms with Crippen molar-refractivity contribution in [2.45, 2.75) is 45.3 Å². The minimum absolute atomic E-state index is 0.106. The van der Waals surface area contributed by atoms with Crippen molar-refractivity contribution in [2.75, 3.05) is 32.8 Å². The lowest BCUT2D eigenvalue weighted by Gasteiger charge is -2.32. The molecule has 2 fully saturated rings. The molecule has 1 amide bonds. The number of carbonyl (C=O) groups is 1. The minimum atomic E-state index is 0.106. The first-order valence-corrected chi connectivity index (χ1v) is 11.2. The van der Waals surface area contributed by atoms with Gasteiger partial charge in [0.2, 0.25) is 0 Å². The Kier molecular flexibility index (Phi) is 6.90. The Morgan fingerprint density at radius 2 is 1.77 bits per heavy atom. The molecule has 0 aliphatic carbocycles. The van der Waals surface area contributed by atoms with Gasteiger partial charge in [-0.2, -0.15) is 0 Å². The minimum Gasteiger partial charge on any atom is -0.494 e. The van der Waals surface area contributed by atoms with Crippen LogP contribution in [0, 0.1) is 0 Å². The fourth-order valence-electron chi connectivity index (χ4n) is 4.36. The van der Waals surface area contributed by atoms with E-state index in [1.807, 2.05) is 42.2 Å². The first-order chi connectivity index (χ1) is 14.7. The molecule has 5 nitrogen and oxygen atoms in total. The van der Waals surface area contributed by atoms with E-state index in [1.54, 1.807) is 0 Å². The van der Waals surface area contributed by atoms with Crippen molar-refractivity contribution in [3.05, 3.63) is 59.7 Å². The second-order valence-electron chi connectivity index (χ2n) is 8.17. The third kappa shape index (κ3) is 5.14. The van der Waals surface area contributed by atoms with E-state index in [4.69, 9.17) is 9.47 Å². The number of amides is 1. The molecule has 2 aromatic carbocycles. The number of hydrogen-bond acceptors (Lipinski definition) is 4. The van der Waals surface area contributed by atoms with Gasteiger partial charge in [0.25, 0.3) is 5.91 Å². The van der Waals surface area contributed by atoms with E-state index >= 15 is 0 Å². The summed E-state index contributed by atoms with van der Waals surface area (Å²) in [6.45, 7) is 7.32. The molecule has 2 saturated heterocycles.